The van der Waals surface area contributed by atoms with E-state index in [1.807, 2.05) is 60.7 Å². The molecule has 0 fully saturated rings. The van der Waals surface area contributed by atoms with E-state index in [4.69, 9.17) is 4.98 Å². The van der Waals surface area contributed by atoms with Gasteiger partial charge in [-0.3, -0.25) is 19.0 Å². The third-order valence-electron chi connectivity index (χ3n) is 7.05. The number of rotatable bonds is 8. The van der Waals surface area contributed by atoms with Crippen LogP contribution in [0.4, 0.5) is 5.69 Å². The van der Waals surface area contributed by atoms with Gasteiger partial charge in [-0.1, -0.05) is 72.4 Å². The third kappa shape index (κ3) is 5.82. The van der Waals surface area contributed by atoms with E-state index in [9.17, 15) is 14.4 Å². The van der Waals surface area contributed by atoms with E-state index >= 15 is 0 Å². The zero-order valence-corrected chi connectivity index (χ0v) is 23.9. The molecule has 0 radical (unpaired) electrons. The summed E-state index contributed by atoms with van der Waals surface area (Å²) in [5.74, 6) is -0.544. The van der Waals surface area contributed by atoms with Gasteiger partial charge in [0.2, 0.25) is 5.91 Å². The van der Waals surface area contributed by atoms with Crippen LogP contribution in [0.5, 0.6) is 0 Å². The normalized spacial score (nSPS) is 12.6. The molecule has 41 heavy (non-hydrogen) atoms. The Morgan fingerprint density at radius 3 is 2.41 bits per heavy atom. The molecule has 5 aromatic rings. The zero-order chi connectivity index (χ0) is 28.2. The molecule has 0 saturated heterocycles. The van der Waals surface area contributed by atoms with E-state index < -0.39 is 0 Å². The Balaban J connectivity index is 1.23. The number of nitrogens with one attached hydrogen (secondary N) is 2. The molecule has 0 spiro atoms. The number of amides is 2. The Bertz CT molecular complexity index is 1780. The van der Waals surface area contributed by atoms with E-state index in [0.717, 1.165) is 41.6 Å². The maximum Gasteiger partial charge on any atom is 0.267 e. The summed E-state index contributed by atoms with van der Waals surface area (Å²) >= 11 is 2.81. The molecule has 0 aliphatic heterocycles. The van der Waals surface area contributed by atoms with Crippen molar-refractivity contribution in [3.8, 4) is 5.69 Å². The average molecular weight is 581 g/mol. The lowest BCUT2D eigenvalue weighted by Gasteiger charge is -2.14. The quantitative estimate of drug-likeness (QED) is 0.174. The Morgan fingerprint density at radius 2 is 1.61 bits per heavy atom. The number of nitrogens with zero attached hydrogens (tertiary/aromatic N) is 2. The molecule has 0 atom stereocenters. The Kier molecular flexibility index (Phi) is 7.98. The predicted octanol–water partition coefficient (Wildman–Crippen LogP) is 5.99. The van der Waals surface area contributed by atoms with Crippen LogP contribution in [0.15, 0.2) is 94.9 Å². The predicted molar refractivity (Wildman–Crippen MR) is 165 cm³/mol. The summed E-state index contributed by atoms with van der Waals surface area (Å²) in [6.07, 6.45) is 4.07. The monoisotopic (exact) mass is 580 g/mol. The Hall–Kier alpha value is -4.21. The average Bonchev–Trinajstić information content (AvgIpc) is 3.39. The lowest BCUT2D eigenvalue weighted by Crippen LogP contribution is -2.25. The van der Waals surface area contributed by atoms with E-state index in [0.29, 0.717) is 34.0 Å². The first-order chi connectivity index (χ1) is 20.1. The van der Waals surface area contributed by atoms with Crippen molar-refractivity contribution in [1.29, 1.82) is 0 Å². The first kappa shape index (κ1) is 27.0. The number of hydrogen-bond donors (Lipinski definition) is 2. The van der Waals surface area contributed by atoms with Crippen LogP contribution in [0.2, 0.25) is 0 Å². The molecule has 0 saturated carbocycles. The number of para-hydroxylation sites is 2. The SMILES string of the molecule is O=C(CSc1nc2sc3c(c2c(=O)n1-c1ccccc1)CCCC3)Nc1ccccc1C(=O)NCc1ccccc1. The number of hydrogen-bond acceptors (Lipinski definition) is 6. The summed E-state index contributed by atoms with van der Waals surface area (Å²) in [5.41, 5.74) is 3.55. The van der Waals surface area contributed by atoms with Crippen LogP contribution in [0.25, 0.3) is 15.9 Å². The molecule has 2 aromatic heterocycles. The van der Waals surface area contributed by atoms with Crippen LogP contribution in [-0.4, -0.2) is 27.1 Å². The molecule has 2 N–H and O–H groups in total. The molecular weight excluding hydrogens is 553 g/mol. The molecule has 7 nitrogen and oxygen atoms in total. The fourth-order valence-electron chi connectivity index (χ4n) is 5.07. The second-order valence-electron chi connectivity index (χ2n) is 9.81. The topological polar surface area (TPSA) is 93.1 Å². The third-order valence-corrected chi connectivity index (χ3v) is 9.17. The second kappa shape index (κ2) is 12.1. The van der Waals surface area contributed by atoms with Crippen molar-refractivity contribution in [1.82, 2.24) is 14.9 Å². The number of anilines is 1. The van der Waals surface area contributed by atoms with E-state index in [1.54, 1.807) is 40.2 Å². The number of aryl methyl sites for hydroxylation is 2. The minimum atomic E-state index is -0.294. The van der Waals surface area contributed by atoms with Crippen LogP contribution < -0.4 is 16.2 Å². The number of thioether (sulfide) groups is 1. The van der Waals surface area contributed by atoms with Gasteiger partial charge in [0.05, 0.1) is 28.1 Å². The minimum Gasteiger partial charge on any atom is -0.348 e. The molecule has 2 amide bonds. The molecule has 0 bridgehead atoms. The van der Waals surface area contributed by atoms with Crippen LogP contribution >= 0.6 is 23.1 Å². The number of carbonyl (C=O) groups excluding carboxylic acids is 2. The number of aromatic nitrogens is 2. The summed E-state index contributed by atoms with van der Waals surface area (Å²) in [6, 6.07) is 26.0. The molecule has 1 aliphatic carbocycles. The largest absolute Gasteiger partial charge is 0.348 e. The van der Waals surface area contributed by atoms with Gasteiger partial charge in [0, 0.05) is 11.4 Å². The van der Waals surface area contributed by atoms with Gasteiger partial charge in [0.15, 0.2) is 5.16 Å². The number of fused-ring (bicyclic) bond motifs is 3. The molecule has 9 heteroatoms. The molecule has 6 rings (SSSR count). The van der Waals surface area contributed by atoms with E-state index in [-0.39, 0.29) is 23.1 Å². The van der Waals surface area contributed by atoms with Crippen molar-refractivity contribution in [3.05, 3.63) is 117 Å². The Labute approximate surface area is 245 Å². The molecule has 1 aliphatic rings. The van der Waals surface area contributed by atoms with Gasteiger partial charge >= 0.3 is 0 Å². The smallest absolute Gasteiger partial charge is 0.267 e. The van der Waals surface area contributed by atoms with Crippen molar-refractivity contribution in [2.75, 3.05) is 11.1 Å². The Morgan fingerprint density at radius 1 is 0.902 bits per heavy atom. The maximum absolute atomic E-state index is 13.9. The lowest BCUT2D eigenvalue weighted by molar-refractivity contribution is -0.113. The highest BCUT2D eigenvalue weighted by Gasteiger charge is 2.23. The summed E-state index contributed by atoms with van der Waals surface area (Å²) in [4.78, 5) is 46.8. The second-order valence-corrected chi connectivity index (χ2v) is 11.8. The van der Waals surface area contributed by atoms with Crippen molar-refractivity contribution >= 4 is 50.8 Å². The van der Waals surface area contributed by atoms with Crippen LogP contribution in [0.3, 0.4) is 0 Å². The summed E-state index contributed by atoms with van der Waals surface area (Å²) in [5, 5.41) is 6.97. The number of thiophene rings is 1. The fraction of sp³-hybridized carbons (Fsp3) is 0.188. The maximum atomic E-state index is 13.9. The lowest BCUT2D eigenvalue weighted by atomic mass is 9.97. The molecule has 2 heterocycles. The summed E-state index contributed by atoms with van der Waals surface area (Å²) in [6.45, 7) is 0.384. The zero-order valence-electron chi connectivity index (χ0n) is 22.3. The van der Waals surface area contributed by atoms with Crippen LogP contribution in [0, 0.1) is 0 Å². The molecule has 3 aromatic carbocycles. The van der Waals surface area contributed by atoms with Gasteiger partial charge in [-0.2, -0.15) is 0 Å². The van der Waals surface area contributed by atoms with Crippen molar-refractivity contribution in [3.63, 3.8) is 0 Å². The molecule has 206 valence electrons. The van der Waals surface area contributed by atoms with E-state index in [2.05, 4.69) is 10.6 Å². The fourth-order valence-corrected chi connectivity index (χ4v) is 7.18. The summed E-state index contributed by atoms with van der Waals surface area (Å²) < 4.78 is 1.62. The van der Waals surface area contributed by atoms with Crippen LogP contribution in [0.1, 0.15) is 39.2 Å². The summed E-state index contributed by atoms with van der Waals surface area (Å²) in [7, 11) is 0. The first-order valence-electron chi connectivity index (χ1n) is 13.5. The van der Waals surface area contributed by atoms with Crippen LogP contribution in [-0.2, 0) is 24.2 Å². The van der Waals surface area contributed by atoms with Crippen molar-refractivity contribution < 1.29 is 9.59 Å². The van der Waals surface area contributed by atoms with Gasteiger partial charge in [0.1, 0.15) is 4.83 Å². The van der Waals surface area contributed by atoms with E-state index in [1.165, 1.54) is 16.6 Å². The molecular formula is C32H28N4O3S2. The standard InChI is InChI=1S/C32H28N4O3S2/c37-27(34-25-17-9-7-15-23(25)29(38)33-19-21-11-3-1-4-12-21)20-40-32-35-30-28(24-16-8-10-18-26(24)41-30)31(39)36(32)22-13-5-2-6-14-22/h1-7,9,11-15,17H,8,10,16,18-20H2,(H,33,38)(H,34,37). The van der Waals surface area contributed by atoms with Gasteiger partial charge < -0.3 is 10.6 Å². The number of carbonyl (C=O) groups is 2. The van der Waals surface area contributed by atoms with Gasteiger partial charge in [-0.15, -0.1) is 11.3 Å². The molecule has 0 unspecified atom stereocenters. The van der Waals surface area contributed by atoms with Crippen molar-refractivity contribution in [2.45, 2.75) is 37.4 Å². The van der Waals surface area contributed by atoms with Gasteiger partial charge in [0.25, 0.3) is 11.5 Å². The van der Waals surface area contributed by atoms with Gasteiger partial charge in [-0.05, 0) is 61.1 Å². The first-order valence-corrected chi connectivity index (χ1v) is 15.4. The number of benzene rings is 3. The van der Waals surface area contributed by atoms with Gasteiger partial charge in [-0.25, -0.2) is 4.98 Å². The highest BCUT2D eigenvalue weighted by atomic mass is 32.2. The van der Waals surface area contributed by atoms with Crippen molar-refractivity contribution in [2.24, 2.45) is 0 Å². The minimum absolute atomic E-state index is 0.0236. The highest BCUT2D eigenvalue weighted by molar-refractivity contribution is 7.99. The highest BCUT2D eigenvalue weighted by Crippen LogP contribution is 2.35.